The molecule has 0 aromatic carbocycles. The molecule has 0 aliphatic carbocycles. The number of hydrogen-bond acceptors (Lipinski definition) is 3. The maximum absolute atomic E-state index is 5.12. The van der Waals surface area contributed by atoms with Crippen molar-refractivity contribution in [3.63, 3.8) is 0 Å². The maximum atomic E-state index is 5.12. The predicted molar refractivity (Wildman–Crippen MR) is 54.2 cm³/mol. The van der Waals surface area contributed by atoms with Crippen molar-refractivity contribution in [2.24, 2.45) is 0 Å². The highest BCUT2D eigenvalue weighted by Gasteiger charge is 2.02. The minimum atomic E-state index is 0.483. The zero-order valence-electron chi connectivity index (χ0n) is 8.18. The molecule has 0 aliphatic heterocycles. The van der Waals surface area contributed by atoms with Crippen molar-refractivity contribution in [1.82, 2.24) is 9.97 Å². The standard InChI is InChI=1S/C9H14N2OS/c1-4-7-6(2)9(13)11-8(10-7)5-12-3/h4-5H2,1-3H3,(H,10,11,13). The summed E-state index contributed by atoms with van der Waals surface area (Å²) in [5.74, 6) is 0.801. The molecule has 1 N–H and O–H groups in total. The number of aryl methyl sites for hydroxylation is 1. The summed E-state index contributed by atoms with van der Waals surface area (Å²) in [7, 11) is 1.64. The van der Waals surface area contributed by atoms with Crippen LogP contribution < -0.4 is 0 Å². The van der Waals surface area contributed by atoms with Gasteiger partial charge in [-0.3, -0.25) is 0 Å². The van der Waals surface area contributed by atoms with E-state index in [1.165, 1.54) is 0 Å². The van der Waals surface area contributed by atoms with Gasteiger partial charge >= 0.3 is 0 Å². The zero-order valence-corrected chi connectivity index (χ0v) is 8.99. The van der Waals surface area contributed by atoms with Crippen LogP contribution in [0.15, 0.2) is 0 Å². The first-order valence-corrected chi connectivity index (χ1v) is 4.67. The number of nitrogens with zero attached hydrogens (tertiary/aromatic N) is 1. The first-order chi connectivity index (χ1) is 6.19. The molecule has 1 aromatic heterocycles. The van der Waals surface area contributed by atoms with Crippen molar-refractivity contribution in [1.29, 1.82) is 0 Å². The molecule has 1 rings (SSSR count). The van der Waals surface area contributed by atoms with E-state index in [0.717, 1.165) is 23.5 Å². The fourth-order valence-corrected chi connectivity index (χ4v) is 1.42. The normalized spacial score (nSPS) is 10.4. The molecule has 0 bridgehead atoms. The van der Waals surface area contributed by atoms with Gasteiger partial charge in [0.1, 0.15) is 17.1 Å². The van der Waals surface area contributed by atoms with Gasteiger partial charge in [0.05, 0.1) is 0 Å². The van der Waals surface area contributed by atoms with E-state index in [9.17, 15) is 0 Å². The Bertz CT molecular complexity index is 346. The molecule has 13 heavy (non-hydrogen) atoms. The lowest BCUT2D eigenvalue weighted by atomic mass is 10.2. The average Bonchev–Trinajstić information content (AvgIpc) is 2.11. The second-order valence-corrected chi connectivity index (χ2v) is 3.27. The maximum Gasteiger partial charge on any atom is 0.134 e. The Morgan fingerprint density at radius 2 is 2.23 bits per heavy atom. The molecule has 72 valence electrons. The van der Waals surface area contributed by atoms with E-state index in [-0.39, 0.29) is 0 Å². The fourth-order valence-electron chi connectivity index (χ4n) is 1.19. The van der Waals surface area contributed by atoms with Gasteiger partial charge in [-0.1, -0.05) is 19.1 Å². The van der Waals surface area contributed by atoms with E-state index in [2.05, 4.69) is 16.9 Å². The lowest BCUT2D eigenvalue weighted by Crippen LogP contribution is -2.03. The van der Waals surface area contributed by atoms with Crippen molar-refractivity contribution < 1.29 is 4.74 Å². The molecule has 0 fully saturated rings. The first-order valence-electron chi connectivity index (χ1n) is 4.26. The van der Waals surface area contributed by atoms with Crippen LogP contribution in [0.5, 0.6) is 0 Å². The van der Waals surface area contributed by atoms with Crippen molar-refractivity contribution in [2.45, 2.75) is 26.9 Å². The quantitative estimate of drug-likeness (QED) is 0.756. The second kappa shape index (κ2) is 4.48. The highest BCUT2D eigenvalue weighted by molar-refractivity contribution is 7.71. The molecule has 0 radical (unpaired) electrons. The van der Waals surface area contributed by atoms with Crippen LogP contribution in [-0.4, -0.2) is 17.1 Å². The van der Waals surface area contributed by atoms with Crippen LogP contribution in [0, 0.1) is 11.6 Å². The van der Waals surface area contributed by atoms with Crippen LogP contribution in [0.3, 0.4) is 0 Å². The molecule has 0 atom stereocenters. The molecule has 0 saturated carbocycles. The van der Waals surface area contributed by atoms with E-state index < -0.39 is 0 Å². The Morgan fingerprint density at radius 3 is 2.77 bits per heavy atom. The van der Waals surface area contributed by atoms with Crippen LogP contribution in [0.2, 0.25) is 0 Å². The molecule has 0 unspecified atom stereocenters. The van der Waals surface area contributed by atoms with E-state index in [1.54, 1.807) is 7.11 Å². The molecule has 0 aliphatic rings. The van der Waals surface area contributed by atoms with Crippen molar-refractivity contribution in [2.75, 3.05) is 7.11 Å². The van der Waals surface area contributed by atoms with E-state index in [0.29, 0.717) is 11.2 Å². The van der Waals surface area contributed by atoms with Crippen LogP contribution in [-0.2, 0) is 17.8 Å². The van der Waals surface area contributed by atoms with Crippen molar-refractivity contribution in [3.05, 3.63) is 21.7 Å². The molecule has 1 aromatic rings. The minimum Gasteiger partial charge on any atom is -0.377 e. The lowest BCUT2D eigenvalue weighted by Gasteiger charge is -2.06. The van der Waals surface area contributed by atoms with Gasteiger partial charge < -0.3 is 9.72 Å². The van der Waals surface area contributed by atoms with Crippen LogP contribution in [0.4, 0.5) is 0 Å². The number of ether oxygens (including phenoxy) is 1. The van der Waals surface area contributed by atoms with Crippen LogP contribution >= 0.6 is 12.2 Å². The Kier molecular flexibility index (Phi) is 3.57. The van der Waals surface area contributed by atoms with Gasteiger partial charge in [0.2, 0.25) is 0 Å². The van der Waals surface area contributed by atoms with Gasteiger partial charge in [0, 0.05) is 18.4 Å². The Morgan fingerprint density at radius 1 is 1.54 bits per heavy atom. The average molecular weight is 198 g/mol. The van der Waals surface area contributed by atoms with Crippen LogP contribution in [0.1, 0.15) is 24.0 Å². The lowest BCUT2D eigenvalue weighted by molar-refractivity contribution is 0.177. The van der Waals surface area contributed by atoms with Gasteiger partial charge in [0.15, 0.2) is 0 Å². The number of hydrogen-bond donors (Lipinski definition) is 1. The second-order valence-electron chi connectivity index (χ2n) is 2.88. The third-order valence-corrected chi connectivity index (χ3v) is 2.34. The molecule has 4 heteroatoms. The number of H-pyrrole nitrogens is 1. The van der Waals surface area contributed by atoms with E-state index >= 15 is 0 Å². The van der Waals surface area contributed by atoms with E-state index in [4.69, 9.17) is 17.0 Å². The topological polar surface area (TPSA) is 37.9 Å². The zero-order chi connectivity index (χ0) is 9.84. The van der Waals surface area contributed by atoms with Gasteiger partial charge in [-0.15, -0.1) is 0 Å². The molecule has 0 saturated heterocycles. The van der Waals surface area contributed by atoms with Gasteiger partial charge in [-0.2, -0.15) is 0 Å². The number of aromatic amines is 1. The third kappa shape index (κ3) is 2.35. The molecular formula is C9H14N2OS. The van der Waals surface area contributed by atoms with Crippen molar-refractivity contribution in [3.8, 4) is 0 Å². The Hall–Kier alpha value is -0.740. The fraction of sp³-hybridized carbons (Fsp3) is 0.556. The van der Waals surface area contributed by atoms with Gasteiger partial charge in [-0.05, 0) is 13.3 Å². The molecule has 1 heterocycles. The summed E-state index contributed by atoms with van der Waals surface area (Å²) >= 11 is 5.12. The monoisotopic (exact) mass is 198 g/mol. The van der Waals surface area contributed by atoms with Gasteiger partial charge in [0.25, 0.3) is 0 Å². The highest BCUT2D eigenvalue weighted by atomic mass is 32.1. The highest BCUT2D eigenvalue weighted by Crippen LogP contribution is 2.07. The summed E-state index contributed by atoms with van der Waals surface area (Å²) in [6.07, 6.45) is 0.939. The number of methoxy groups -OCH3 is 1. The van der Waals surface area contributed by atoms with E-state index in [1.807, 2.05) is 6.92 Å². The SMILES string of the molecule is CCc1[nH]c(COC)nc(=S)c1C. The molecule has 0 amide bonds. The van der Waals surface area contributed by atoms with Crippen LogP contribution in [0.25, 0.3) is 0 Å². The number of nitrogens with one attached hydrogen (secondary N) is 1. The summed E-state index contributed by atoms with van der Waals surface area (Å²) in [5.41, 5.74) is 2.21. The summed E-state index contributed by atoms with van der Waals surface area (Å²) in [5, 5.41) is 0. The Labute approximate surface area is 83.2 Å². The third-order valence-electron chi connectivity index (χ3n) is 1.94. The number of aromatic nitrogens is 2. The molecule has 0 spiro atoms. The molecule has 3 nitrogen and oxygen atoms in total. The smallest absolute Gasteiger partial charge is 0.134 e. The largest absolute Gasteiger partial charge is 0.377 e. The number of rotatable bonds is 3. The summed E-state index contributed by atoms with van der Waals surface area (Å²) < 4.78 is 5.65. The Balaban J connectivity index is 3.14. The minimum absolute atomic E-state index is 0.483. The first kappa shape index (κ1) is 10.3. The van der Waals surface area contributed by atoms with Gasteiger partial charge in [-0.25, -0.2) is 4.98 Å². The van der Waals surface area contributed by atoms with Crippen molar-refractivity contribution >= 4 is 12.2 Å². The summed E-state index contributed by atoms with van der Waals surface area (Å²) in [6.45, 7) is 4.56. The summed E-state index contributed by atoms with van der Waals surface area (Å²) in [6, 6.07) is 0. The predicted octanol–water partition coefficient (Wildman–Crippen LogP) is 2.16. The summed E-state index contributed by atoms with van der Waals surface area (Å²) in [4.78, 5) is 7.41. The molecular weight excluding hydrogens is 184 g/mol.